The highest BCUT2D eigenvalue weighted by Gasteiger charge is 1.97. The smallest absolute Gasteiger partial charge is 0.154 e. The van der Waals surface area contributed by atoms with Gasteiger partial charge in [0, 0.05) is 6.61 Å². The summed E-state index contributed by atoms with van der Waals surface area (Å²) >= 11 is 0. The number of hydrogen-bond acceptors (Lipinski definition) is 2. The minimum absolute atomic E-state index is 0.0648. The van der Waals surface area contributed by atoms with E-state index in [1.54, 1.807) is 0 Å². The van der Waals surface area contributed by atoms with Crippen LogP contribution in [0, 0.1) is 0 Å². The van der Waals surface area contributed by atoms with E-state index in [9.17, 15) is 0 Å². The number of hydrogen-bond donors (Lipinski definition) is 0. The van der Waals surface area contributed by atoms with Crippen molar-refractivity contribution in [2.75, 3.05) is 13.2 Å². The average molecular weight is 172 g/mol. The largest absolute Gasteiger partial charge is 0.353 e. The van der Waals surface area contributed by atoms with Gasteiger partial charge in [0.15, 0.2) is 6.29 Å². The number of ether oxygens (including phenoxy) is 2. The Kier molecular flexibility index (Phi) is 8.51. The number of rotatable bonds is 7. The van der Waals surface area contributed by atoms with Gasteiger partial charge in [-0.3, -0.25) is 0 Å². The quantitative estimate of drug-likeness (QED) is 0.334. The van der Waals surface area contributed by atoms with E-state index in [2.05, 4.69) is 19.1 Å². The molecule has 0 aliphatic rings. The summed E-state index contributed by atoms with van der Waals surface area (Å²) in [7, 11) is 0. The fraction of sp³-hybridized carbons (Fsp3) is 0.800. The van der Waals surface area contributed by atoms with Crippen LogP contribution in [-0.4, -0.2) is 19.5 Å². The van der Waals surface area contributed by atoms with Crippen molar-refractivity contribution in [1.82, 2.24) is 0 Å². The maximum Gasteiger partial charge on any atom is 0.154 e. The third-order valence-corrected chi connectivity index (χ3v) is 1.44. The predicted molar refractivity (Wildman–Crippen MR) is 51.1 cm³/mol. The van der Waals surface area contributed by atoms with Crippen molar-refractivity contribution in [3.05, 3.63) is 12.2 Å². The van der Waals surface area contributed by atoms with Crippen molar-refractivity contribution in [3.63, 3.8) is 0 Å². The van der Waals surface area contributed by atoms with Gasteiger partial charge in [-0.1, -0.05) is 19.1 Å². The lowest BCUT2D eigenvalue weighted by Crippen LogP contribution is -2.12. The first-order chi connectivity index (χ1) is 5.81. The summed E-state index contributed by atoms with van der Waals surface area (Å²) in [5.74, 6) is 0. The van der Waals surface area contributed by atoms with Gasteiger partial charge in [-0.2, -0.15) is 0 Å². The van der Waals surface area contributed by atoms with Gasteiger partial charge in [0.25, 0.3) is 0 Å². The fourth-order valence-corrected chi connectivity index (χ4v) is 0.869. The molecule has 0 rings (SSSR count). The topological polar surface area (TPSA) is 18.5 Å². The lowest BCUT2D eigenvalue weighted by atomic mass is 10.3. The Morgan fingerprint density at radius 3 is 2.50 bits per heavy atom. The Hall–Kier alpha value is -0.340. The van der Waals surface area contributed by atoms with Crippen LogP contribution in [0.2, 0.25) is 0 Å². The molecule has 0 N–H and O–H groups in total. The molecule has 0 fully saturated rings. The van der Waals surface area contributed by atoms with Gasteiger partial charge >= 0.3 is 0 Å². The molecule has 0 saturated heterocycles. The zero-order chi connectivity index (χ0) is 9.23. The molecule has 0 aliphatic carbocycles. The van der Waals surface area contributed by atoms with Gasteiger partial charge < -0.3 is 9.47 Å². The minimum atomic E-state index is -0.0648. The summed E-state index contributed by atoms with van der Waals surface area (Å²) in [4.78, 5) is 0. The first-order valence-corrected chi connectivity index (χ1v) is 4.69. The molecule has 12 heavy (non-hydrogen) atoms. The SMILES string of the molecule is CCC=CCCOC(C)OCC. The summed E-state index contributed by atoms with van der Waals surface area (Å²) in [6.45, 7) is 7.48. The third kappa shape index (κ3) is 7.76. The van der Waals surface area contributed by atoms with Gasteiger partial charge in [-0.25, -0.2) is 0 Å². The van der Waals surface area contributed by atoms with Crippen LogP contribution in [0.5, 0.6) is 0 Å². The van der Waals surface area contributed by atoms with Crippen LogP contribution in [0.1, 0.15) is 33.6 Å². The van der Waals surface area contributed by atoms with E-state index >= 15 is 0 Å². The summed E-state index contributed by atoms with van der Waals surface area (Å²) in [5, 5.41) is 0. The summed E-state index contributed by atoms with van der Waals surface area (Å²) < 4.78 is 10.6. The predicted octanol–water partition coefficient (Wildman–Crippen LogP) is 2.74. The van der Waals surface area contributed by atoms with Crippen LogP contribution in [0.25, 0.3) is 0 Å². The molecule has 1 atom stereocenters. The second kappa shape index (κ2) is 8.75. The Labute approximate surface area is 75.6 Å². The highest BCUT2D eigenvalue weighted by atomic mass is 16.7. The Morgan fingerprint density at radius 1 is 1.17 bits per heavy atom. The monoisotopic (exact) mass is 172 g/mol. The molecule has 0 heterocycles. The van der Waals surface area contributed by atoms with E-state index in [-0.39, 0.29) is 6.29 Å². The van der Waals surface area contributed by atoms with E-state index in [1.807, 2.05) is 13.8 Å². The molecule has 0 saturated carbocycles. The molecule has 0 spiro atoms. The van der Waals surface area contributed by atoms with Gasteiger partial charge in [0.05, 0.1) is 6.61 Å². The van der Waals surface area contributed by atoms with E-state index < -0.39 is 0 Å². The molecule has 0 radical (unpaired) electrons. The molecule has 0 aromatic carbocycles. The molecule has 0 aromatic heterocycles. The molecule has 0 aliphatic heterocycles. The molecule has 2 heteroatoms. The molecule has 72 valence electrons. The van der Waals surface area contributed by atoms with Gasteiger partial charge in [-0.15, -0.1) is 0 Å². The molecule has 0 amide bonds. The first-order valence-electron chi connectivity index (χ1n) is 4.69. The van der Waals surface area contributed by atoms with Crippen molar-refractivity contribution in [2.24, 2.45) is 0 Å². The van der Waals surface area contributed by atoms with Crippen LogP contribution in [0.3, 0.4) is 0 Å². The second-order valence-electron chi connectivity index (χ2n) is 2.56. The van der Waals surface area contributed by atoms with Crippen LogP contribution in [0.15, 0.2) is 12.2 Å². The molecular formula is C10H20O2. The first kappa shape index (κ1) is 11.7. The normalized spacial score (nSPS) is 13.9. The van der Waals surface area contributed by atoms with E-state index in [0.717, 1.165) is 19.4 Å². The number of allylic oxidation sites excluding steroid dienone is 1. The van der Waals surface area contributed by atoms with Crippen molar-refractivity contribution >= 4 is 0 Å². The third-order valence-electron chi connectivity index (χ3n) is 1.44. The Morgan fingerprint density at radius 2 is 1.92 bits per heavy atom. The zero-order valence-corrected chi connectivity index (χ0v) is 8.38. The summed E-state index contributed by atoms with van der Waals surface area (Å²) in [5.41, 5.74) is 0. The summed E-state index contributed by atoms with van der Waals surface area (Å²) in [6.07, 6.45) is 6.30. The molecule has 0 bridgehead atoms. The average Bonchev–Trinajstić information content (AvgIpc) is 2.05. The standard InChI is InChI=1S/C10H20O2/c1-4-6-7-8-9-12-10(3)11-5-2/h6-7,10H,4-5,8-9H2,1-3H3. The lowest BCUT2D eigenvalue weighted by Gasteiger charge is -2.11. The van der Waals surface area contributed by atoms with E-state index in [1.165, 1.54) is 0 Å². The molecule has 1 unspecified atom stereocenters. The lowest BCUT2D eigenvalue weighted by molar-refractivity contribution is -0.125. The maximum atomic E-state index is 5.36. The molecular weight excluding hydrogens is 152 g/mol. The highest BCUT2D eigenvalue weighted by molar-refractivity contribution is 4.79. The highest BCUT2D eigenvalue weighted by Crippen LogP contribution is 1.95. The maximum absolute atomic E-state index is 5.36. The zero-order valence-electron chi connectivity index (χ0n) is 8.38. The van der Waals surface area contributed by atoms with Crippen molar-refractivity contribution in [1.29, 1.82) is 0 Å². The van der Waals surface area contributed by atoms with Crippen molar-refractivity contribution in [3.8, 4) is 0 Å². The van der Waals surface area contributed by atoms with Crippen LogP contribution in [-0.2, 0) is 9.47 Å². The van der Waals surface area contributed by atoms with Crippen molar-refractivity contribution in [2.45, 2.75) is 39.9 Å². The molecule has 0 aromatic rings. The van der Waals surface area contributed by atoms with Gasteiger partial charge in [0.2, 0.25) is 0 Å². The Bertz CT molecular complexity index is 110. The van der Waals surface area contributed by atoms with Crippen LogP contribution < -0.4 is 0 Å². The summed E-state index contributed by atoms with van der Waals surface area (Å²) in [6, 6.07) is 0. The molecule has 2 nitrogen and oxygen atoms in total. The van der Waals surface area contributed by atoms with Crippen LogP contribution >= 0.6 is 0 Å². The van der Waals surface area contributed by atoms with E-state index in [0.29, 0.717) is 6.61 Å². The Balaban J connectivity index is 3.13. The van der Waals surface area contributed by atoms with Gasteiger partial charge in [0.1, 0.15) is 0 Å². The second-order valence-corrected chi connectivity index (χ2v) is 2.56. The van der Waals surface area contributed by atoms with Gasteiger partial charge in [-0.05, 0) is 26.7 Å². The minimum Gasteiger partial charge on any atom is -0.353 e. The van der Waals surface area contributed by atoms with Crippen LogP contribution in [0.4, 0.5) is 0 Å². The van der Waals surface area contributed by atoms with E-state index in [4.69, 9.17) is 9.47 Å². The van der Waals surface area contributed by atoms with Crippen molar-refractivity contribution < 1.29 is 9.47 Å². The fourth-order valence-electron chi connectivity index (χ4n) is 0.869.